The molecule has 0 radical (unpaired) electrons. The molecule has 0 amide bonds. The highest BCUT2D eigenvalue weighted by molar-refractivity contribution is 7.21. The lowest BCUT2D eigenvalue weighted by Crippen LogP contribution is -2.35. The molecule has 10 nitrogen and oxygen atoms in total. The van der Waals surface area contributed by atoms with E-state index in [2.05, 4.69) is 25.3 Å². The Balaban J connectivity index is 1.50. The predicted octanol–water partition coefficient (Wildman–Crippen LogP) is 5.17. The fourth-order valence-electron chi connectivity index (χ4n) is 5.26. The summed E-state index contributed by atoms with van der Waals surface area (Å²) in [7, 11) is 0. The molecule has 1 saturated carbocycles. The zero-order valence-electron chi connectivity index (χ0n) is 23.9. The molecule has 3 aromatic heterocycles. The molecule has 1 aliphatic rings. The summed E-state index contributed by atoms with van der Waals surface area (Å²) in [6, 6.07) is 6.42. The van der Waals surface area contributed by atoms with Crippen LogP contribution in [0.3, 0.4) is 0 Å². The number of alkyl halides is 3. The zero-order chi connectivity index (χ0) is 31.1. The van der Waals surface area contributed by atoms with Crippen LogP contribution in [-0.4, -0.2) is 66.5 Å². The standard InChI is InChI=1S/C29H33F3N6O4S/c1-13(2)22-23-20(9-10-33-22)43-27(37-23)21-15(4)35-28(38-26(21)36-19-11-17(12-39)24(40)25(19)41)34-14(3)16-5-7-18(8-6-16)42-29(30,31)32/h5-10,13-14,17,19,24-25,39-41H,11-12H2,1-4H3,(H2,34,35,36,38)/t14-,17-,19-,24-,25+/m1/s1. The Hall–Kier alpha value is -3.59. The number of anilines is 2. The zero-order valence-corrected chi connectivity index (χ0v) is 24.7. The van der Waals surface area contributed by atoms with Gasteiger partial charge in [0.15, 0.2) is 0 Å². The van der Waals surface area contributed by atoms with E-state index >= 15 is 0 Å². The Kier molecular flexibility index (Phi) is 8.75. The molecule has 4 aromatic rings. The molecule has 0 spiro atoms. The van der Waals surface area contributed by atoms with Gasteiger partial charge in [0.1, 0.15) is 28.2 Å². The fourth-order valence-corrected chi connectivity index (χ4v) is 6.33. The van der Waals surface area contributed by atoms with Gasteiger partial charge >= 0.3 is 6.36 Å². The molecular formula is C29H33F3N6O4S. The molecule has 1 fully saturated rings. The van der Waals surface area contributed by atoms with Crippen LogP contribution in [0, 0.1) is 12.8 Å². The third-order valence-corrected chi connectivity index (χ3v) is 8.54. The quantitative estimate of drug-likeness (QED) is 0.170. The number of aryl methyl sites for hydroxylation is 1. The number of fused-ring (bicyclic) bond motifs is 1. The van der Waals surface area contributed by atoms with Gasteiger partial charge in [-0.3, -0.25) is 4.98 Å². The van der Waals surface area contributed by atoms with Crippen LogP contribution in [-0.2, 0) is 0 Å². The number of halogens is 3. The van der Waals surface area contributed by atoms with Crippen molar-refractivity contribution < 1.29 is 33.2 Å². The van der Waals surface area contributed by atoms with Crippen molar-refractivity contribution in [2.75, 3.05) is 17.2 Å². The second-order valence-electron chi connectivity index (χ2n) is 11.0. The van der Waals surface area contributed by atoms with Gasteiger partial charge in [-0.15, -0.1) is 24.5 Å². The van der Waals surface area contributed by atoms with Crippen molar-refractivity contribution in [2.24, 2.45) is 5.92 Å². The number of pyridine rings is 1. The molecule has 14 heteroatoms. The van der Waals surface area contributed by atoms with Crippen molar-refractivity contribution in [1.82, 2.24) is 19.9 Å². The molecule has 230 valence electrons. The van der Waals surface area contributed by atoms with Crippen molar-refractivity contribution in [2.45, 2.75) is 70.7 Å². The van der Waals surface area contributed by atoms with Crippen LogP contribution < -0.4 is 15.4 Å². The number of aromatic nitrogens is 4. The summed E-state index contributed by atoms with van der Waals surface area (Å²) >= 11 is 1.46. The minimum Gasteiger partial charge on any atom is -0.406 e. The normalized spacial score (nSPS) is 21.4. The van der Waals surface area contributed by atoms with Crippen LogP contribution in [0.25, 0.3) is 20.8 Å². The van der Waals surface area contributed by atoms with Crippen molar-refractivity contribution in [3.05, 3.63) is 53.5 Å². The Morgan fingerprint density at radius 3 is 2.40 bits per heavy atom. The maximum Gasteiger partial charge on any atom is 0.573 e. The number of rotatable bonds is 9. The summed E-state index contributed by atoms with van der Waals surface area (Å²) in [4.78, 5) is 18.8. The number of nitrogens with one attached hydrogen (secondary N) is 2. The maximum absolute atomic E-state index is 12.6. The molecule has 5 atom stereocenters. The van der Waals surface area contributed by atoms with Crippen molar-refractivity contribution in [3.8, 4) is 16.3 Å². The van der Waals surface area contributed by atoms with Crippen LogP contribution in [0.15, 0.2) is 36.5 Å². The molecular weight excluding hydrogens is 585 g/mol. The van der Waals surface area contributed by atoms with E-state index in [9.17, 15) is 28.5 Å². The smallest absolute Gasteiger partial charge is 0.406 e. The van der Waals surface area contributed by atoms with Gasteiger partial charge in [-0.25, -0.2) is 9.97 Å². The monoisotopic (exact) mass is 618 g/mol. The van der Waals surface area contributed by atoms with Gasteiger partial charge in [0.25, 0.3) is 0 Å². The third kappa shape index (κ3) is 6.66. The largest absolute Gasteiger partial charge is 0.573 e. The molecule has 3 heterocycles. The van der Waals surface area contributed by atoms with E-state index in [4.69, 9.17) is 9.97 Å². The lowest BCUT2D eigenvalue weighted by molar-refractivity contribution is -0.274. The van der Waals surface area contributed by atoms with E-state index in [0.717, 1.165) is 15.9 Å². The van der Waals surface area contributed by atoms with E-state index in [-0.39, 0.29) is 24.2 Å². The van der Waals surface area contributed by atoms with Crippen LogP contribution in [0.4, 0.5) is 24.9 Å². The fraction of sp³-hybridized carbons (Fsp3) is 0.448. The second-order valence-corrected chi connectivity index (χ2v) is 12.0. The Morgan fingerprint density at radius 2 is 1.77 bits per heavy atom. The van der Waals surface area contributed by atoms with E-state index in [1.807, 2.05) is 33.8 Å². The summed E-state index contributed by atoms with van der Waals surface area (Å²) < 4.78 is 42.6. The highest BCUT2D eigenvalue weighted by atomic mass is 32.1. The average Bonchev–Trinajstić information content (AvgIpc) is 3.48. The number of aliphatic hydroxyl groups excluding tert-OH is 3. The van der Waals surface area contributed by atoms with Gasteiger partial charge in [0.05, 0.1) is 39.8 Å². The number of ether oxygens (including phenoxy) is 1. The third-order valence-electron chi connectivity index (χ3n) is 7.50. The second kappa shape index (κ2) is 12.2. The lowest BCUT2D eigenvalue weighted by atomic mass is 10.1. The summed E-state index contributed by atoms with van der Waals surface area (Å²) in [5.41, 5.74) is 3.54. The number of benzene rings is 1. The van der Waals surface area contributed by atoms with Gasteiger partial charge in [0, 0.05) is 18.7 Å². The first-order valence-corrected chi connectivity index (χ1v) is 14.7. The van der Waals surface area contributed by atoms with Crippen LogP contribution in [0.5, 0.6) is 5.75 Å². The molecule has 5 N–H and O–H groups in total. The molecule has 0 bridgehead atoms. The summed E-state index contributed by atoms with van der Waals surface area (Å²) in [5.74, 6) is -0.0471. The minimum atomic E-state index is -4.78. The van der Waals surface area contributed by atoms with Crippen molar-refractivity contribution in [3.63, 3.8) is 0 Å². The first-order chi connectivity index (χ1) is 20.3. The number of aliphatic hydroxyl groups is 3. The SMILES string of the molecule is Cc1nc(N[C@H](C)c2ccc(OC(F)(F)F)cc2)nc(N[C@@H]2C[C@H](CO)[C@@H](O)[C@H]2O)c1-c1nc2c(C(C)C)nccc2s1. The van der Waals surface area contributed by atoms with Crippen LogP contribution in [0.2, 0.25) is 0 Å². The summed E-state index contributed by atoms with van der Waals surface area (Å²) in [6.45, 7) is 7.45. The van der Waals surface area contributed by atoms with Crippen LogP contribution >= 0.6 is 11.3 Å². The molecule has 0 aliphatic heterocycles. The van der Waals surface area contributed by atoms with E-state index in [1.54, 1.807) is 6.20 Å². The van der Waals surface area contributed by atoms with E-state index in [1.165, 1.54) is 35.6 Å². The van der Waals surface area contributed by atoms with Gasteiger partial charge in [0.2, 0.25) is 5.95 Å². The number of hydrogen-bond acceptors (Lipinski definition) is 11. The maximum atomic E-state index is 12.6. The Labute approximate surface area is 250 Å². The molecule has 1 aliphatic carbocycles. The number of nitrogens with zero attached hydrogens (tertiary/aromatic N) is 4. The predicted molar refractivity (Wildman–Crippen MR) is 157 cm³/mol. The summed E-state index contributed by atoms with van der Waals surface area (Å²) in [5, 5.41) is 38.0. The molecule has 43 heavy (non-hydrogen) atoms. The topological polar surface area (TPSA) is 146 Å². The van der Waals surface area contributed by atoms with Gasteiger partial charge in [-0.1, -0.05) is 26.0 Å². The number of hydrogen-bond donors (Lipinski definition) is 5. The lowest BCUT2D eigenvalue weighted by Gasteiger charge is -2.22. The molecule has 1 aromatic carbocycles. The molecule has 5 rings (SSSR count). The van der Waals surface area contributed by atoms with Gasteiger partial charge in [-0.05, 0) is 49.9 Å². The highest BCUT2D eigenvalue weighted by Crippen LogP contribution is 2.39. The number of thiazole rings is 1. The average molecular weight is 619 g/mol. The molecule has 0 unspecified atom stereocenters. The molecule has 0 saturated heterocycles. The highest BCUT2D eigenvalue weighted by Gasteiger charge is 2.41. The van der Waals surface area contributed by atoms with Crippen molar-refractivity contribution >= 4 is 33.3 Å². The Morgan fingerprint density at radius 1 is 1.05 bits per heavy atom. The van der Waals surface area contributed by atoms with Gasteiger partial charge in [-0.2, -0.15) is 4.98 Å². The summed E-state index contributed by atoms with van der Waals surface area (Å²) in [6.07, 6.45) is -4.95. The Bertz CT molecular complexity index is 1580. The van der Waals surface area contributed by atoms with E-state index in [0.29, 0.717) is 34.1 Å². The van der Waals surface area contributed by atoms with E-state index < -0.39 is 36.6 Å². The first-order valence-electron chi connectivity index (χ1n) is 13.8. The first kappa shape index (κ1) is 30.9. The van der Waals surface area contributed by atoms with Crippen LogP contribution in [0.1, 0.15) is 56.1 Å². The van der Waals surface area contributed by atoms with Crippen molar-refractivity contribution in [1.29, 1.82) is 0 Å². The van der Waals surface area contributed by atoms with Gasteiger partial charge < -0.3 is 30.7 Å². The minimum absolute atomic E-state index is 0.154.